The van der Waals surface area contributed by atoms with E-state index in [4.69, 9.17) is 16.3 Å². The molecule has 0 unspecified atom stereocenters. The highest BCUT2D eigenvalue weighted by atomic mass is 35.5. The number of nitrogens with zero attached hydrogens (tertiary/aromatic N) is 3. The quantitative estimate of drug-likeness (QED) is 0.545. The van der Waals surface area contributed by atoms with E-state index in [9.17, 15) is 4.39 Å². The molecule has 4 nitrogen and oxygen atoms in total. The molecule has 2 aromatic carbocycles. The molecule has 3 rings (SSSR count). The van der Waals surface area contributed by atoms with E-state index in [-0.39, 0.29) is 5.82 Å². The molecule has 0 fully saturated rings. The van der Waals surface area contributed by atoms with Crippen molar-refractivity contribution in [2.45, 2.75) is 31.0 Å². The van der Waals surface area contributed by atoms with Gasteiger partial charge in [0.1, 0.15) is 18.2 Å². The number of halogens is 2. The van der Waals surface area contributed by atoms with Crippen LogP contribution in [0.3, 0.4) is 0 Å². The van der Waals surface area contributed by atoms with Gasteiger partial charge in [-0.15, -0.1) is 10.2 Å². The number of benzene rings is 2. The number of hydrogen-bond acceptors (Lipinski definition) is 4. The second kappa shape index (κ2) is 8.36. The van der Waals surface area contributed by atoms with Gasteiger partial charge in [0.2, 0.25) is 0 Å². The fraction of sp³-hybridized carbons (Fsp3) is 0.222. The number of aromatic nitrogens is 3. The van der Waals surface area contributed by atoms with Gasteiger partial charge in [-0.05, 0) is 48.9 Å². The minimum Gasteiger partial charge on any atom is -0.486 e. The summed E-state index contributed by atoms with van der Waals surface area (Å²) in [6.45, 7) is 3.12. The van der Waals surface area contributed by atoms with Gasteiger partial charge in [-0.3, -0.25) is 0 Å². The maximum Gasteiger partial charge on any atom is 0.191 e. The van der Waals surface area contributed by atoms with E-state index in [1.807, 2.05) is 23.6 Å². The van der Waals surface area contributed by atoms with Crippen LogP contribution in [-0.2, 0) is 18.9 Å². The van der Waals surface area contributed by atoms with Crippen LogP contribution in [0.1, 0.15) is 18.3 Å². The van der Waals surface area contributed by atoms with E-state index in [0.717, 1.165) is 28.8 Å². The van der Waals surface area contributed by atoms with Gasteiger partial charge in [-0.1, -0.05) is 35.5 Å². The zero-order chi connectivity index (χ0) is 17.6. The fourth-order valence-electron chi connectivity index (χ4n) is 2.26. The first-order valence-corrected chi connectivity index (χ1v) is 9.19. The van der Waals surface area contributed by atoms with Crippen LogP contribution in [0.5, 0.6) is 5.75 Å². The molecule has 0 bridgehead atoms. The molecule has 1 heterocycles. The summed E-state index contributed by atoms with van der Waals surface area (Å²) in [5, 5.41) is 9.96. The Morgan fingerprint density at radius 2 is 1.80 bits per heavy atom. The number of thioether (sulfide) groups is 1. The summed E-state index contributed by atoms with van der Waals surface area (Å²) in [7, 11) is 0. The average molecular weight is 378 g/mol. The Bertz CT molecular complexity index is 754. The van der Waals surface area contributed by atoms with Crippen molar-refractivity contribution in [2.75, 3.05) is 0 Å². The molecule has 3 aromatic rings. The molecule has 0 spiro atoms. The summed E-state index contributed by atoms with van der Waals surface area (Å²) in [6, 6.07) is 13.7. The molecule has 1 aromatic heterocycles. The first kappa shape index (κ1) is 17.8. The van der Waals surface area contributed by atoms with Crippen molar-refractivity contribution in [3.8, 4) is 5.75 Å². The average Bonchev–Trinajstić information content (AvgIpc) is 3.02. The summed E-state index contributed by atoms with van der Waals surface area (Å²) in [4.78, 5) is 0. The highest BCUT2D eigenvalue weighted by Gasteiger charge is 2.12. The third kappa shape index (κ3) is 4.74. The Morgan fingerprint density at radius 3 is 2.48 bits per heavy atom. The van der Waals surface area contributed by atoms with Crippen molar-refractivity contribution in [1.82, 2.24) is 14.8 Å². The molecular formula is C18H17ClFN3OS. The summed E-state index contributed by atoms with van der Waals surface area (Å²) in [5.41, 5.74) is 1.04. The molecule has 0 radical (unpaired) electrons. The van der Waals surface area contributed by atoms with Gasteiger partial charge >= 0.3 is 0 Å². The van der Waals surface area contributed by atoms with E-state index in [0.29, 0.717) is 17.4 Å². The normalized spacial score (nSPS) is 10.8. The first-order chi connectivity index (χ1) is 12.2. The van der Waals surface area contributed by atoms with Crippen molar-refractivity contribution in [2.24, 2.45) is 0 Å². The fourth-order valence-corrected chi connectivity index (χ4v) is 3.36. The smallest absolute Gasteiger partial charge is 0.191 e. The summed E-state index contributed by atoms with van der Waals surface area (Å²) in [6.07, 6.45) is 0. The monoisotopic (exact) mass is 377 g/mol. The van der Waals surface area contributed by atoms with Crippen LogP contribution >= 0.6 is 23.4 Å². The van der Waals surface area contributed by atoms with Gasteiger partial charge in [-0.2, -0.15) is 0 Å². The Balaban J connectivity index is 1.63. The lowest BCUT2D eigenvalue weighted by Gasteiger charge is -2.09. The summed E-state index contributed by atoms with van der Waals surface area (Å²) in [5.74, 6) is 1.97. The summed E-state index contributed by atoms with van der Waals surface area (Å²) >= 11 is 7.44. The maximum atomic E-state index is 13.0. The molecule has 0 aliphatic heterocycles. The molecular weight excluding hydrogens is 361 g/mol. The Morgan fingerprint density at radius 1 is 1.08 bits per heavy atom. The van der Waals surface area contributed by atoms with Gasteiger partial charge in [-0.25, -0.2) is 4.39 Å². The minimum atomic E-state index is -0.230. The van der Waals surface area contributed by atoms with Crippen molar-refractivity contribution in [3.05, 3.63) is 70.8 Å². The number of ether oxygens (including phenoxy) is 1. The Labute approximate surface area is 155 Å². The Kier molecular flexibility index (Phi) is 5.94. The highest BCUT2D eigenvalue weighted by Crippen LogP contribution is 2.23. The molecule has 0 amide bonds. The van der Waals surface area contributed by atoms with Crippen molar-refractivity contribution >= 4 is 23.4 Å². The first-order valence-electron chi connectivity index (χ1n) is 7.83. The van der Waals surface area contributed by atoms with E-state index in [1.165, 1.54) is 12.1 Å². The van der Waals surface area contributed by atoms with Gasteiger partial charge in [0.25, 0.3) is 0 Å². The van der Waals surface area contributed by atoms with E-state index >= 15 is 0 Å². The van der Waals surface area contributed by atoms with Crippen LogP contribution < -0.4 is 4.74 Å². The van der Waals surface area contributed by atoms with Crippen LogP contribution in [0.25, 0.3) is 0 Å². The minimum absolute atomic E-state index is 0.230. The molecule has 0 saturated heterocycles. The van der Waals surface area contributed by atoms with Crippen LogP contribution in [0.2, 0.25) is 5.02 Å². The van der Waals surface area contributed by atoms with Crippen molar-refractivity contribution in [3.63, 3.8) is 0 Å². The third-order valence-electron chi connectivity index (χ3n) is 3.57. The second-order valence-corrected chi connectivity index (χ2v) is 6.68. The second-order valence-electron chi connectivity index (χ2n) is 5.30. The maximum absolute atomic E-state index is 13.0. The standard InChI is InChI=1S/C18H17ClFN3OS/c1-2-23-17(11-24-16-9-5-14(19)6-10-16)21-22-18(23)25-12-13-3-7-15(20)8-4-13/h3-10H,2,11-12H2,1H3. The topological polar surface area (TPSA) is 39.9 Å². The van der Waals surface area contributed by atoms with Crippen molar-refractivity contribution < 1.29 is 9.13 Å². The lowest BCUT2D eigenvalue weighted by molar-refractivity contribution is 0.288. The van der Waals surface area contributed by atoms with Gasteiger partial charge in [0.05, 0.1) is 0 Å². The molecule has 0 aliphatic rings. The number of hydrogen-bond donors (Lipinski definition) is 0. The third-order valence-corrected chi connectivity index (χ3v) is 4.86. The largest absolute Gasteiger partial charge is 0.486 e. The predicted octanol–water partition coefficient (Wildman–Crippen LogP) is 4.96. The van der Waals surface area contributed by atoms with Gasteiger partial charge < -0.3 is 9.30 Å². The van der Waals surface area contributed by atoms with Crippen molar-refractivity contribution in [1.29, 1.82) is 0 Å². The van der Waals surface area contributed by atoms with Crippen LogP contribution in [0.4, 0.5) is 4.39 Å². The lowest BCUT2D eigenvalue weighted by atomic mass is 10.2. The summed E-state index contributed by atoms with van der Waals surface area (Å²) < 4.78 is 20.7. The molecule has 0 atom stereocenters. The molecule has 0 N–H and O–H groups in total. The van der Waals surface area contributed by atoms with E-state index < -0.39 is 0 Å². The SMILES string of the molecule is CCn1c(COc2ccc(Cl)cc2)nnc1SCc1ccc(F)cc1. The zero-order valence-corrected chi connectivity index (χ0v) is 15.2. The van der Waals surface area contributed by atoms with Crippen LogP contribution in [0, 0.1) is 5.82 Å². The molecule has 0 aliphatic carbocycles. The van der Waals surface area contributed by atoms with E-state index in [2.05, 4.69) is 10.2 Å². The highest BCUT2D eigenvalue weighted by molar-refractivity contribution is 7.98. The lowest BCUT2D eigenvalue weighted by Crippen LogP contribution is -2.07. The van der Waals surface area contributed by atoms with Crippen LogP contribution in [0.15, 0.2) is 53.7 Å². The zero-order valence-electron chi connectivity index (χ0n) is 13.7. The predicted molar refractivity (Wildman–Crippen MR) is 97.4 cm³/mol. The molecule has 7 heteroatoms. The van der Waals surface area contributed by atoms with E-state index in [1.54, 1.807) is 36.0 Å². The molecule has 130 valence electrons. The van der Waals surface area contributed by atoms with Gasteiger partial charge in [0.15, 0.2) is 11.0 Å². The Hall–Kier alpha value is -2.05. The number of rotatable bonds is 7. The van der Waals surface area contributed by atoms with Gasteiger partial charge in [0, 0.05) is 17.3 Å². The molecule has 0 saturated carbocycles. The van der Waals surface area contributed by atoms with Crippen LogP contribution in [-0.4, -0.2) is 14.8 Å². The molecule has 25 heavy (non-hydrogen) atoms.